The van der Waals surface area contributed by atoms with Gasteiger partial charge in [0.1, 0.15) is 5.75 Å². The van der Waals surface area contributed by atoms with E-state index >= 15 is 0 Å². The van der Waals surface area contributed by atoms with E-state index in [1.54, 1.807) is 25.3 Å². The van der Waals surface area contributed by atoms with Gasteiger partial charge in [-0.2, -0.15) is 0 Å². The Morgan fingerprint density at radius 1 is 1.55 bits per heavy atom. The molecule has 2 rings (SSSR count). The highest BCUT2D eigenvalue weighted by atomic mass is 16.5. The minimum atomic E-state index is -0.155. The van der Waals surface area contributed by atoms with Crippen LogP contribution in [0, 0.1) is 0 Å². The predicted molar refractivity (Wildman–Crippen MR) is 80.0 cm³/mol. The summed E-state index contributed by atoms with van der Waals surface area (Å²) in [6.45, 7) is 2.73. The molecule has 1 fully saturated rings. The molecule has 1 unspecified atom stereocenters. The Balaban J connectivity index is 1.94. The van der Waals surface area contributed by atoms with Crippen molar-refractivity contribution in [3.63, 3.8) is 0 Å². The van der Waals surface area contributed by atoms with E-state index in [1.165, 1.54) is 12.8 Å². The zero-order valence-electron chi connectivity index (χ0n) is 12.3. The van der Waals surface area contributed by atoms with Crippen LogP contribution in [0.1, 0.15) is 30.1 Å². The molecular formula is C15H23N3O2. The molecule has 0 radical (unpaired) electrons. The molecule has 0 aromatic heterocycles. The molecule has 1 aromatic rings. The number of hydrogen-bond acceptors (Lipinski definition) is 4. The summed E-state index contributed by atoms with van der Waals surface area (Å²) in [5.41, 5.74) is 6.77. The first kappa shape index (κ1) is 14.7. The molecule has 20 heavy (non-hydrogen) atoms. The van der Waals surface area contributed by atoms with Crippen molar-refractivity contribution in [2.75, 3.05) is 26.4 Å². The van der Waals surface area contributed by atoms with Gasteiger partial charge in [-0.05, 0) is 45.0 Å². The Morgan fingerprint density at radius 3 is 2.85 bits per heavy atom. The second kappa shape index (κ2) is 6.13. The molecule has 0 spiro atoms. The number of nitrogens with zero attached hydrogens (tertiary/aromatic N) is 1. The number of likely N-dealkylation sites (N-methyl/N-ethyl adjacent to an activating group) is 1. The summed E-state index contributed by atoms with van der Waals surface area (Å²) in [5, 5.41) is 2.94. The van der Waals surface area contributed by atoms with E-state index in [2.05, 4.69) is 24.2 Å². The highest BCUT2D eigenvalue weighted by Crippen LogP contribution is 2.26. The van der Waals surface area contributed by atoms with Crippen LogP contribution in [0.4, 0.5) is 5.69 Å². The normalized spacial score (nSPS) is 16.0. The van der Waals surface area contributed by atoms with E-state index in [4.69, 9.17) is 10.5 Å². The lowest BCUT2D eigenvalue weighted by atomic mass is 10.1. The fraction of sp³-hybridized carbons (Fsp3) is 0.533. The molecule has 3 N–H and O–H groups in total. The van der Waals surface area contributed by atoms with Crippen molar-refractivity contribution in [1.29, 1.82) is 0 Å². The highest BCUT2D eigenvalue weighted by Gasteiger charge is 2.29. The SMILES string of the molecule is COc1ccc(N)c(C(=O)NCC(C)N(C)C2CC2)c1. The number of carbonyl (C=O) groups excluding carboxylic acids is 1. The lowest BCUT2D eigenvalue weighted by Crippen LogP contribution is -2.41. The van der Waals surface area contributed by atoms with Crippen molar-refractivity contribution in [3.8, 4) is 5.75 Å². The van der Waals surface area contributed by atoms with Crippen LogP contribution in [-0.4, -0.2) is 43.6 Å². The van der Waals surface area contributed by atoms with Gasteiger partial charge in [0, 0.05) is 24.3 Å². The minimum Gasteiger partial charge on any atom is -0.497 e. The molecule has 1 amide bonds. The maximum Gasteiger partial charge on any atom is 0.253 e. The zero-order chi connectivity index (χ0) is 14.7. The fourth-order valence-corrected chi connectivity index (χ4v) is 2.18. The third kappa shape index (κ3) is 3.42. The number of benzene rings is 1. The summed E-state index contributed by atoms with van der Waals surface area (Å²) in [4.78, 5) is 14.5. The number of nitrogens with two attached hydrogens (primary N) is 1. The molecule has 0 bridgehead atoms. The molecule has 1 aromatic carbocycles. The van der Waals surface area contributed by atoms with Crippen LogP contribution < -0.4 is 15.8 Å². The van der Waals surface area contributed by atoms with Crippen molar-refractivity contribution in [1.82, 2.24) is 10.2 Å². The van der Waals surface area contributed by atoms with Crippen molar-refractivity contribution >= 4 is 11.6 Å². The molecule has 1 atom stereocenters. The summed E-state index contributed by atoms with van der Waals surface area (Å²) in [7, 11) is 3.67. The Morgan fingerprint density at radius 2 is 2.25 bits per heavy atom. The van der Waals surface area contributed by atoms with Gasteiger partial charge >= 0.3 is 0 Å². The summed E-state index contributed by atoms with van der Waals surface area (Å²) in [6.07, 6.45) is 2.52. The molecule has 110 valence electrons. The first-order valence-corrected chi connectivity index (χ1v) is 6.96. The maximum atomic E-state index is 12.2. The topological polar surface area (TPSA) is 67.6 Å². The van der Waals surface area contributed by atoms with Crippen molar-refractivity contribution in [3.05, 3.63) is 23.8 Å². The third-order valence-electron chi connectivity index (χ3n) is 3.88. The average Bonchev–Trinajstić information content (AvgIpc) is 3.28. The van der Waals surface area contributed by atoms with Crippen LogP contribution in [-0.2, 0) is 0 Å². The van der Waals surface area contributed by atoms with Gasteiger partial charge in [-0.1, -0.05) is 0 Å². The predicted octanol–water partition coefficient (Wildman–Crippen LogP) is 1.49. The Hall–Kier alpha value is -1.75. The Kier molecular flexibility index (Phi) is 4.49. The smallest absolute Gasteiger partial charge is 0.253 e. The number of amides is 1. The van der Waals surface area contributed by atoms with Gasteiger partial charge in [0.05, 0.1) is 12.7 Å². The lowest BCUT2D eigenvalue weighted by Gasteiger charge is -2.24. The Bertz CT molecular complexity index is 486. The van der Waals surface area contributed by atoms with Gasteiger partial charge in [-0.3, -0.25) is 9.69 Å². The van der Waals surface area contributed by atoms with Crippen molar-refractivity contribution in [2.45, 2.75) is 31.8 Å². The number of ether oxygens (including phenoxy) is 1. The van der Waals surface area contributed by atoms with Crippen LogP contribution in [0.15, 0.2) is 18.2 Å². The molecule has 1 saturated carbocycles. The van der Waals surface area contributed by atoms with Gasteiger partial charge in [-0.15, -0.1) is 0 Å². The molecule has 5 nitrogen and oxygen atoms in total. The third-order valence-corrected chi connectivity index (χ3v) is 3.88. The summed E-state index contributed by atoms with van der Waals surface area (Å²) < 4.78 is 5.12. The number of carbonyl (C=O) groups is 1. The van der Waals surface area contributed by atoms with Crippen LogP contribution in [0.2, 0.25) is 0 Å². The van der Waals surface area contributed by atoms with E-state index < -0.39 is 0 Å². The second-order valence-corrected chi connectivity index (χ2v) is 5.41. The lowest BCUT2D eigenvalue weighted by molar-refractivity contribution is 0.0940. The number of methoxy groups -OCH3 is 1. The fourth-order valence-electron chi connectivity index (χ4n) is 2.18. The number of rotatable bonds is 6. The Labute approximate surface area is 120 Å². The van der Waals surface area contributed by atoms with Gasteiger partial charge in [-0.25, -0.2) is 0 Å². The van der Waals surface area contributed by atoms with Crippen molar-refractivity contribution < 1.29 is 9.53 Å². The summed E-state index contributed by atoms with van der Waals surface area (Å²) in [6, 6.07) is 6.10. The number of nitrogen functional groups attached to an aromatic ring is 1. The van der Waals surface area contributed by atoms with Gasteiger partial charge in [0.15, 0.2) is 0 Å². The molecule has 1 aliphatic carbocycles. The molecule has 0 aliphatic heterocycles. The average molecular weight is 277 g/mol. The van der Waals surface area contributed by atoms with E-state index in [0.29, 0.717) is 35.6 Å². The summed E-state index contributed by atoms with van der Waals surface area (Å²) >= 11 is 0. The van der Waals surface area contributed by atoms with E-state index in [9.17, 15) is 4.79 Å². The molecular weight excluding hydrogens is 254 g/mol. The first-order chi connectivity index (χ1) is 9.52. The summed E-state index contributed by atoms with van der Waals surface area (Å²) in [5.74, 6) is 0.477. The largest absolute Gasteiger partial charge is 0.497 e. The quantitative estimate of drug-likeness (QED) is 0.773. The van der Waals surface area contributed by atoms with Crippen LogP contribution in [0.5, 0.6) is 5.75 Å². The van der Waals surface area contributed by atoms with Crippen LogP contribution >= 0.6 is 0 Å². The van der Waals surface area contributed by atoms with Crippen LogP contribution in [0.25, 0.3) is 0 Å². The molecule has 5 heteroatoms. The number of nitrogens with one attached hydrogen (secondary N) is 1. The molecule has 0 heterocycles. The van der Waals surface area contributed by atoms with Crippen LogP contribution in [0.3, 0.4) is 0 Å². The molecule has 1 aliphatic rings. The van der Waals surface area contributed by atoms with Crippen molar-refractivity contribution in [2.24, 2.45) is 0 Å². The maximum absolute atomic E-state index is 12.2. The zero-order valence-corrected chi connectivity index (χ0v) is 12.3. The monoisotopic (exact) mass is 277 g/mol. The van der Waals surface area contributed by atoms with E-state index in [-0.39, 0.29) is 5.91 Å². The van der Waals surface area contributed by atoms with Gasteiger partial charge < -0.3 is 15.8 Å². The molecule has 0 saturated heterocycles. The van der Waals surface area contributed by atoms with E-state index in [0.717, 1.165) is 0 Å². The number of anilines is 1. The standard InChI is InChI=1S/C15H23N3O2/c1-10(18(2)11-4-5-11)9-17-15(19)13-8-12(20-3)6-7-14(13)16/h6-8,10-11H,4-5,9,16H2,1-3H3,(H,17,19). The van der Waals surface area contributed by atoms with Gasteiger partial charge in [0.25, 0.3) is 5.91 Å². The number of hydrogen-bond donors (Lipinski definition) is 2. The first-order valence-electron chi connectivity index (χ1n) is 6.96. The second-order valence-electron chi connectivity index (χ2n) is 5.41. The minimum absolute atomic E-state index is 0.155. The highest BCUT2D eigenvalue weighted by molar-refractivity contribution is 5.99. The van der Waals surface area contributed by atoms with Gasteiger partial charge in [0.2, 0.25) is 0 Å². The van der Waals surface area contributed by atoms with E-state index in [1.807, 2.05) is 0 Å².